The van der Waals surface area contributed by atoms with Crippen molar-refractivity contribution in [2.24, 2.45) is 0 Å². The fourth-order valence-electron chi connectivity index (χ4n) is 4.21. The average molecular weight is 463 g/mol. The van der Waals surface area contributed by atoms with Gasteiger partial charge in [0.25, 0.3) is 11.8 Å². The number of nitrogens with zero attached hydrogens (tertiary/aromatic N) is 4. The van der Waals surface area contributed by atoms with Gasteiger partial charge in [-0.3, -0.25) is 14.5 Å². The highest BCUT2D eigenvalue weighted by Crippen LogP contribution is 2.33. The van der Waals surface area contributed by atoms with Crippen molar-refractivity contribution >= 4 is 28.9 Å². The van der Waals surface area contributed by atoms with Crippen molar-refractivity contribution in [3.63, 3.8) is 0 Å². The Morgan fingerprint density at radius 2 is 1.80 bits per heavy atom. The van der Waals surface area contributed by atoms with Gasteiger partial charge in [-0.25, -0.2) is 4.68 Å². The zero-order chi connectivity index (χ0) is 24.5. The third-order valence-corrected chi connectivity index (χ3v) is 5.99. The van der Waals surface area contributed by atoms with Gasteiger partial charge < -0.3 is 4.42 Å². The Morgan fingerprint density at radius 3 is 2.51 bits per heavy atom. The summed E-state index contributed by atoms with van der Waals surface area (Å²) in [7, 11) is 0. The molecule has 0 spiro atoms. The predicted octanol–water partition coefficient (Wildman–Crippen LogP) is 5.29. The Bertz CT molecular complexity index is 1530. The number of benzene rings is 2. The lowest BCUT2D eigenvalue weighted by atomic mass is 9.93. The van der Waals surface area contributed by atoms with E-state index < -0.39 is 11.8 Å². The molecular weight excluding hydrogens is 440 g/mol. The lowest BCUT2D eigenvalue weighted by Gasteiger charge is -2.27. The van der Waals surface area contributed by atoms with Crippen molar-refractivity contribution in [2.75, 3.05) is 6.54 Å². The molecule has 0 N–H and O–H groups in total. The molecule has 0 radical (unpaired) electrons. The van der Waals surface area contributed by atoms with Crippen LogP contribution in [0.2, 0.25) is 0 Å². The molecule has 0 fully saturated rings. The lowest BCUT2D eigenvalue weighted by molar-refractivity contribution is -0.140. The second kappa shape index (κ2) is 8.92. The first-order valence-electron chi connectivity index (χ1n) is 11.3. The Balaban J connectivity index is 1.72. The third-order valence-electron chi connectivity index (χ3n) is 5.99. The topological polar surface area (TPSA) is 92.1 Å². The number of carbonyl (C=O) groups excluding carboxylic acids is 2. The van der Waals surface area contributed by atoms with Crippen LogP contribution in [0.5, 0.6) is 0 Å². The minimum atomic E-state index is -0.550. The van der Waals surface area contributed by atoms with Gasteiger partial charge in [-0.1, -0.05) is 43.3 Å². The molecule has 5 rings (SSSR count). The number of amides is 2. The van der Waals surface area contributed by atoms with Crippen LogP contribution in [0.4, 0.5) is 0 Å². The highest BCUT2D eigenvalue weighted by Gasteiger charge is 2.35. The van der Waals surface area contributed by atoms with Crippen molar-refractivity contribution in [1.82, 2.24) is 14.7 Å². The minimum Gasteiger partial charge on any atom is -0.454 e. The molecule has 2 amide bonds. The number of aromatic nitrogens is 2. The zero-order valence-electron chi connectivity index (χ0n) is 19.4. The van der Waals surface area contributed by atoms with Gasteiger partial charge in [0.1, 0.15) is 22.9 Å². The van der Waals surface area contributed by atoms with E-state index in [1.165, 1.54) is 0 Å². The molecule has 3 heterocycles. The first-order chi connectivity index (χ1) is 17.0. The number of imide groups is 1. The molecule has 0 saturated heterocycles. The van der Waals surface area contributed by atoms with Crippen LogP contribution < -0.4 is 0 Å². The molecule has 0 aliphatic carbocycles. The Labute approximate surface area is 202 Å². The largest absolute Gasteiger partial charge is 0.454 e. The summed E-state index contributed by atoms with van der Waals surface area (Å²) >= 11 is 0. The highest BCUT2D eigenvalue weighted by molar-refractivity contribution is 6.19. The maximum absolute atomic E-state index is 13.3. The van der Waals surface area contributed by atoms with Crippen LogP contribution in [0.3, 0.4) is 0 Å². The molecule has 1 aliphatic rings. The van der Waals surface area contributed by atoms with Gasteiger partial charge in [-0.2, -0.15) is 10.4 Å². The molecule has 0 bridgehead atoms. The molecule has 7 heteroatoms. The van der Waals surface area contributed by atoms with E-state index in [9.17, 15) is 14.9 Å². The standard InChI is InChI=1S/C28H22N4O3/c1-3-13-31-27(33)22(18(2)23(16-29)28(31)34)14-20-17-32(21-10-5-4-6-11-21)30-26(20)25-15-19-9-7-8-12-24(19)35-25/h4-12,14-15,17H,3,13H2,1-2H3/b22-14+. The average Bonchev–Trinajstić information content (AvgIpc) is 3.49. The molecule has 1 aliphatic heterocycles. The van der Waals surface area contributed by atoms with Gasteiger partial charge >= 0.3 is 0 Å². The van der Waals surface area contributed by atoms with E-state index in [1.54, 1.807) is 17.7 Å². The number of hydrogen-bond donors (Lipinski definition) is 0. The van der Waals surface area contributed by atoms with Crippen molar-refractivity contribution in [3.8, 4) is 23.2 Å². The summed E-state index contributed by atoms with van der Waals surface area (Å²) in [6.45, 7) is 3.75. The van der Waals surface area contributed by atoms with E-state index in [-0.39, 0.29) is 12.1 Å². The summed E-state index contributed by atoms with van der Waals surface area (Å²) in [5, 5.41) is 15.3. The molecular formula is C28H22N4O3. The maximum Gasteiger partial charge on any atom is 0.271 e. The summed E-state index contributed by atoms with van der Waals surface area (Å²) in [5.41, 5.74) is 3.39. The van der Waals surface area contributed by atoms with Crippen molar-refractivity contribution in [2.45, 2.75) is 20.3 Å². The van der Waals surface area contributed by atoms with Gasteiger partial charge in [0.15, 0.2) is 5.76 Å². The Kier molecular flexibility index (Phi) is 5.63. The number of hydrogen-bond acceptors (Lipinski definition) is 5. The molecule has 172 valence electrons. The van der Waals surface area contributed by atoms with E-state index in [4.69, 9.17) is 9.52 Å². The van der Waals surface area contributed by atoms with Crippen LogP contribution in [0.15, 0.2) is 88.0 Å². The van der Waals surface area contributed by atoms with E-state index in [0.29, 0.717) is 34.6 Å². The first-order valence-corrected chi connectivity index (χ1v) is 11.3. The fraction of sp³-hybridized carbons (Fsp3) is 0.143. The summed E-state index contributed by atoms with van der Waals surface area (Å²) in [6, 6.07) is 21.2. The Morgan fingerprint density at radius 1 is 1.06 bits per heavy atom. The summed E-state index contributed by atoms with van der Waals surface area (Å²) in [5.74, 6) is -0.414. The predicted molar refractivity (Wildman–Crippen MR) is 132 cm³/mol. The van der Waals surface area contributed by atoms with Gasteiger partial charge in [-0.15, -0.1) is 0 Å². The summed E-state index contributed by atoms with van der Waals surface area (Å²) in [6.07, 6.45) is 4.11. The van der Waals surface area contributed by atoms with E-state index in [2.05, 4.69) is 0 Å². The summed E-state index contributed by atoms with van der Waals surface area (Å²) < 4.78 is 7.81. The highest BCUT2D eigenvalue weighted by atomic mass is 16.3. The SMILES string of the molecule is CCCN1C(=O)C(C#N)=C(C)/C(=C\c2cn(-c3ccccc3)nc2-c2cc3ccccc3o2)C1=O. The van der Waals surface area contributed by atoms with Crippen LogP contribution in [-0.4, -0.2) is 33.0 Å². The molecule has 0 atom stereocenters. The van der Waals surface area contributed by atoms with E-state index >= 15 is 0 Å². The number of para-hydroxylation sites is 2. The molecule has 35 heavy (non-hydrogen) atoms. The van der Waals surface area contributed by atoms with Gasteiger partial charge in [-0.05, 0) is 49.3 Å². The number of carbonyl (C=O) groups is 2. The van der Waals surface area contributed by atoms with Crippen molar-refractivity contribution < 1.29 is 14.0 Å². The lowest BCUT2D eigenvalue weighted by Crippen LogP contribution is -2.43. The third kappa shape index (κ3) is 3.85. The molecule has 0 unspecified atom stereocenters. The van der Waals surface area contributed by atoms with Crippen LogP contribution in [0.25, 0.3) is 34.2 Å². The van der Waals surface area contributed by atoms with Crippen LogP contribution >= 0.6 is 0 Å². The number of nitriles is 1. The second-order valence-electron chi connectivity index (χ2n) is 8.29. The Hall–Kier alpha value is -4.70. The molecule has 2 aromatic carbocycles. The van der Waals surface area contributed by atoms with Gasteiger partial charge in [0.05, 0.1) is 5.69 Å². The molecule has 2 aromatic heterocycles. The van der Waals surface area contributed by atoms with Crippen LogP contribution in [-0.2, 0) is 9.59 Å². The fourth-order valence-corrected chi connectivity index (χ4v) is 4.21. The number of fused-ring (bicyclic) bond motifs is 1. The van der Waals surface area contributed by atoms with Crippen molar-refractivity contribution in [3.05, 3.63) is 89.1 Å². The molecule has 4 aromatic rings. The monoisotopic (exact) mass is 462 g/mol. The number of furan rings is 1. The minimum absolute atomic E-state index is 0.0231. The maximum atomic E-state index is 13.3. The normalized spacial score (nSPS) is 15.3. The molecule has 0 saturated carbocycles. The van der Waals surface area contributed by atoms with Gasteiger partial charge in [0, 0.05) is 29.3 Å². The smallest absolute Gasteiger partial charge is 0.271 e. The first kappa shape index (κ1) is 22.1. The van der Waals surface area contributed by atoms with Crippen molar-refractivity contribution in [1.29, 1.82) is 5.26 Å². The zero-order valence-corrected chi connectivity index (χ0v) is 19.4. The van der Waals surface area contributed by atoms with Crippen LogP contribution in [0, 0.1) is 11.3 Å². The summed E-state index contributed by atoms with van der Waals surface area (Å²) in [4.78, 5) is 27.2. The van der Waals surface area contributed by atoms with E-state index in [1.807, 2.05) is 79.9 Å². The van der Waals surface area contributed by atoms with Gasteiger partial charge in [0.2, 0.25) is 0 Å². The quantitative estimate of drug-likeness (QED) is 0.297. The second-order valence-corrected chi connectivity index (χ2v) is 8.29. The number of rotatable bonds is 5. The van der Waals surface area contributed by atoms with Crippen LogP contribution in [0.1, 0.15) is 25.8 Å². The molecule has 7 nitrogen and oxygen atoms in total. The van der Waals surface area contributed by atoms with E-state index in [0.717, 1.165) is 21.6 Å².